The van der Waals surface area contributed by atoms with Crippen molar-refractivity contribution in [1.82, 2.24) is 15.0 Å². The van der Waals surface area contributed by atoms with Crippen LogP contribution in [-0.2, 0) is 18.6 Å². The van der Waals surface area contributed by atoms with E-state index in [1.54, 1.807) is 0 Å². The Hall–Kier alpha value is -1.01. The molecule has 1 rings (SSSR count). The van der Waals surface area contributed by atoms with Crippen LogP contribution in [0, 0.1) is 0 Å². The molecule has 0 saturated carbocycles. The van der Waals surface area contributed by atoms with Gasteiger partial charge in [-0.15, -0.1) is 0 Å². The van der Waals surface area contributed by atoms with Gasteiger partial charge in [0.2, 0.25) is 17.8 Å². The number of hydrogen-bond donors (Lipinski definition) is 3. The van der Waals surface area contributed by atoms with E-state index in [2.05, 4.69) is 15.0 Å². The predicted octanol–water partition coefficient (Wildman–Crippen LogP) is -1.38. The summed E-state index contributed by atoms with van der Waals surface area (Å²) in [5.74, 6) is 0.125. The van der Waals surface area contributed by atoms with Crippen molar-refractivity contribution in [3.63, 3.8) is 0 Å². The fourth-order valence-electron chi connectivity index (χ4n) is 0.427. The van der Waals surface area contributed by atoms with E-state index in [1.165, 1.54) is 0 Å². The number of hydrogen-bond acceptors (Lipinski definition) is 6. The van der Waals surface area contributed by atoms with E-state index in [9.17, 15) is 0 Å². The minimum Gasteiger partial charge on any atom is -0.368 e. The zero-order chi connectivity index (χ0) is 6.85. The molecule has 0 bridgehead atoms. The van der Waals surface area contributed by atoms with Crippen LogP contribution in [0.5, 0.6) is 0 Å². The maximum Gasteiger partial charge on any atom is 0.226 e. The van der Waals surface area contributed by atoms with E-state index in [4.69, 9.17) is 17.2 Å². The molecule has 53 valence electrons. The molecular weight excluding hydrogens is 171 g/mol. The topological polar surface area (TPSA) is 117 Å². The molecule has 1 aromatic heterocycles. The molecule has 1 aromatic rings. The molecule has 6 N–H and O–H groups in total. The van der Waals surface area contributed by atoms with Gasteiger partial charge in [-0.25, -0.2) is 0 Å². The predicted molar refractivity (Wildman–Crippen MR) is 33.1 cm³/mol. The number of nitrogens with zero attached hydrogens (tertiary/aromatic N) is 3. The second kappa shape index (κ2) is 3.24. The summed E-state index contributed by atoms with van der Waals surface area (Å²) < 4.78 is 0. The van der Waals surface area contributed by atoms with Crippen LogP contribution in [0.4, 0.5) is 17.8 Å². The molecule has 1 radical (unpaired) electrons. The Balaban J connectivity index is 0.000000810. The average molecular weight is 177 g/mol. The minimum absolute atomic E-state index is 0. The third kappa shape index (κ3) is 2.08. The van der Waals surface area contributed by atoms with Crippen molar-refractivity contribution in [2.24, 2.45) is 0 Å². The van der Waals surface area contributed by atoms with Crippen LogP contribution in [0.1, 0.15) is 0 Å². The Kier molecular flexibility index (Phi) is 2.91. The minimum atomic E-state index is 0. The normalized spacial score (nSPS) is 8.40. The largest absolute Gasteiger partial charge is 0.368 e. The molecule has 0 amide bonds. The second-order valence-corrected chi connectivity index (χ2v) is 1.41. The summed E-state index contributed by atoms with van der Waals surface area (Å²) in [6.45, 7) is 0. The van der Waals surface area contributed by atoms with Crippen LogP contribution >= 0.6 is 0 Å². The first-order valence-corrected chi connectivity index (χ1v) is 2.21. The van der Waals surface area contributed by atoms with Crippen LogP contribution in [0.3, 0.4) is 0 Å². The fraction of sp³-hybridized carbons (Fsp3) is 0. The molecule has 0 fully saturated rings. The van der Waals surface area contributed by atoms with Crippen molar-refractivity contribution in [3.8, 4) is 0 Å². The first-order valence-electron chi connectivity index (χ1n) is 2.21. The third-order valence-electron chi connectivity index (χ3n) is 0.687. The molecule has 10 heavy (non-hydrogen) atoms. The number of anilines is 3. The Morgan fingerprint density at radius 2 is 0.900 bits per heavy atom. The molecule has 0 aliphatic rings. The van der Waals surface area contributed by atoms with E-state index >= 15 is 0 Å². The number of rotatable bonds is 0. The van der Waals surface area contributed by atoms with Crippen LogP contribution in [-0.4, -0.2) is 15.0 Å². The van der Waals surface area contributed by atoms with Crippen molar-refractivity contribution in [2.45, 2.75) is 0 Å². The van der Waals surface area contributed by atoms with Gasteiger partial charge in [0.05, 0.1) is 0 Å². The fourth-order valence-corrected chi connectivity index (χ4v) is 0.427. The summed E-state index contributed by atoms with van der Waals surface area (Å²) in [5.41, 5.74) is 15.4. The van der Waals surface area contributed by atoms with Gasteiger partial charge in [0, 0.05) is 18.6 Å². The van der Waals surface area contributed by atoms with Gasteiger partial charge in [-0.05, 0) is 0 Å². The van der Waals surface area contributed by atoms with Gasteiger partial charge in [-0.2, -0.15) is 15.0 Å². The Morgan fingerprint density at radius 3 is 1.10 bits per heavy atom. The molecule has 0 atom stereocenters. The number of aromatic nitrogens is 3. The van der Waals surface area contributed by atoms with Gasteiger partial charge in [0.15, 0.2) is 0 Å². The van der Waals surface area contributed by atoms with E-state index in [0.717, 1.165) is 0 Å². The average Bonchev–Trinajstić information content (AvgIpc) is 1.59. The summed E-state index contributed by atoms with van der Waals surface area (Å²) in [5, 5.41) is 0. The van der Waals surface area contributed by atoms with Crippen molar-refractivity contribution in [2.75, 3.05) is 17.2 Å². The van der Waals surface area contributed by atoms with Crippen molar-refractivity contribution >= 4 is 17.8 Å². The second-order valence-electron chi connectivity index (χ2n) is 1.41. The summed E-state index contributed by atoms with van der Waals surface area (Å²) in [4.78, 5) is 10.5. The quantitative estimate of drug-likeness (QED) is 0.449. The molecule has 1 heterocycles. The SMILES string of the molecule is Nc1nc(N)nc(N)n1.[V]. The maximum absolute atomic E-state index is 5.14. The number of nitrogen functional groups attached to an aromatic ring is 3. The molecule has 0 aliphatic carbocycles. The van der Waals surface area contributed by atoms with Crippen molar-refractivity contribution < 1.29 is 18.6 Å². The Morgan fingerprint density at radius 1 is 0.700 bits per heavy atom. The molecule has 6 nitrogen and oxygen atoms in total. The van der Waals surface area contributed by atoms with Crippen molar-refractivity contribution in [1.29, 1.82) is 0 Å². The monoisotopic (exact) mass is 177 g/mol. The maximum atomic E-state index is 5.14. The summed E-state index contributed by atoms with van der Waals surface area (Å²) >= 11 is 0. The number of nitrogens with two attached hydrogens (primary N) is 3. The smallest absolute Gasteiger partial charge is 0.226 e. The summed E-state index contributed by atoms with van der Waals surface area (Å²) in [7, 11) is 0. The van der Waals surface area contributed by atoms with Crippen molar-refractivity contribution in [3.05, 3.63) is 0 Å². The molecule has 0 unspecified atom stereocenters. The Labute approximate surface area is 69.1 Å². The van der Waals surface area contributed by atoms with Crippen LogP contribution in [0.2, 0.25) is 0 Å². The molecule has 0 saturated heterocycles. The zero-order valence-corrected chi connectivity index (χ0v) is 6.42. The third-order valence-corrected chi connectivity index (χ3v) is 0.687. The van der Waals surface area contributed by atoms with Gasteiger partial charge >= 0.3 is 0 Å². The van der Waals surface area contributed by atoms with E-state index < -0.39 is 0 Å². The Bertz CT molecular complexity index is 174. The standard InChI is InChI=1S/C3H6N6.V/c4-1-7-2(5)9-3(6)8-1;/h(H6,4,5,6,7,8,9);. The molecule has 0 aromatic carbocycles. The molecule has 7 heteroatoms. The molecular formula is C3H6N6V. The van der Waals surface area contributed by atoms with E-state index in [0.29, 0.717) is 0 Å². The van der Waals surface area contributed by atoms with Gasteiger partial charge < -0.3 is 17.2 Å². The van der Waals surface area contributed by atoms with Gasteiger partial charge in [-0.1, -0.05) is 0 Å². The summed E-state index contributed by atoms with van der Waals surface area (Å²) in [6, 6.07) is 0. The molecule has 0 aliphatic heterocycles. The van der Waals surface area contributed by atoms with E-state index in [1.807, 2.05) is 0 Å². The van der Waals surface area contributed by atoms with Crippen LogP contribution in [0.25, 0.3) is 0 Å². The van der Waals surface area contributed by atoms with Gasteiger partial charge in [0.1, 0.15) is 0 Å². The van der Waals surface area contributed by atoms with E-state index in [-0.39, 0.29) is 36.4 Å². The van der Waals surface area contributed by atoms with Gasteiger partial charge in [-0.3, -0.25) is 0 Å². The first-order chi connectivity index (χ1) is 4.18. The molecule has 0 spiro atoms. The first kappa shape index (κ1) is 8.99. The van der Waals surface area contributed by atoms with Crippen LogP contribution in [0.15, 0.2) is 0 Å². The van der Waals surface area contributed by atoms with Gasteiger partial charge in [0.25, 0.3) is 0 Å². The zero-order valence-electron chi connectivity index (χ0n) is 5.02. The summed E-state index contributed by atoms with van der Waals surface area (Å²) in [6.07, 6.45) is 0. The van der Waals surface area contributed by atoms with Crippen LogP contribution < -0.4 is 17.2 Å².